The number of nitrogens with one attached hydrogen (secondary N) is 1. The molecule has 1 amide bonds. The van der Waals surface area contributed by atoms with E-state index >= 15 is 0 Å². The van der Waals surface area contributed by atoms with Crippen LogP contribution in [-0.4, -0.2) is 40.5 Å². The Morgan fingerprint density at radius 2 is 1.90 bits per heavy atom. The van der Waals surface area contributed by atoms with Gasteiger partial charge in [0.15, 0.2) is 0 Å². The number of carbonyl (C=O) groups excluding carboxylic acids is 1. The predicted octanol–water partition coefficient (Wildman–Crippen LogP) is 4.04. The van der Waals surface area contributed by atoms with Crippen molar-refractivity contribution in [3.63, 3.8) is 0 Å². The highest BCUT2D eigenvalue weighted by Crippen LogP contribution is 2.46. The number of piperidine rings is 1. The molecule has 158 valence electrons. The zero-order chi connectivity index (χ0) is 20.4. The minimum absolute atomic E-state index is 0.148. The van der Waals surface area contributed by atoms with Gasteiger partial charge in [-0.25, -0.2) is 0 Å². The molecule has 1 N–H and O–H groups in total. The smallest absolute Gasteiger partial charge is 0.220 e. The van der Waals surface area contributed by atoms with Crippen molar-refractivity contribution in [1.82, 2.24) is 15.2 Å². The van der Waals surface area contributed by atoms with Crippen LogP contribution in [0.15, 0.2) is 48.8 Å². The van der Waals surface area contributed by atoms with E-state index in [2.05, 4.69) is 45.5 Å². The first-order chi connectivity index (χ1) is 14.7. The highest BCUT2D eigenvalue weighted by molar-refractivity contribution is 5.77. The van der Waals surface area contributed by atoms with Crippen molar-refractivity contribution in [3.8, 4) is 5.75 Å². The van der Waals surface area contributed by atoms with Gasteiger partial charge in [-0.2, -0.15) is 0 Å². The van der Waals surface area contributed by atoms with Crippen molar-refractivity contribution in [3.05, 3.63) is 59.9 Å². The third-order valence-corrected chi connectivity index (χ3v) is 7.13. The predicted molar refractivity (Wildman–Crippen MR) is 116 cm³/mol. The molecule has 0 unspecified atom stereocenters. The molecular formula is C25H31N3O2. The van der Waals surface area contributed by atoms with Gasteiger partial charge in [0.1, 0.15) is 11.4 Å². The lowest BCUT2D eigenvalue weighted by atomic mass is 9.76. The van der Waals surface area contributed by atoms with E-state index in [1.54, 1.807) is 0 Å². The molecule has 0 radical (unpaired) electrons. The molecule has 1 aromatic heterocycles. The largest absolute Gasteiger partial charge is 0.487 e. The van der Waals surface area contributed by atoms with Gasteiger partial charge in [-0.3, -0.25) is 14.7 Å². The minimum atomic E-state index is -0.148. The normalized spacial score (nSPS) is 23.3. The van der Waals surface area contributed by atoms with Gasteiger partial charge in [0.05, 0.1) is 0 Å². The molecule has 1 aromatic carbocycles. The van der Waals surface area contributed by atoms with Crippen LogP contribution < -0.4 is 10.1 Å². The fourth-order valence-corrected chi connectivity index (χ4v) is 5.16. The summed E-state index contributed by atoms with van der Waals surface area (Å²) in [5, 5.41) is 3.23. The molecule has 3 heterocycles. The molecule has 5 rings (SSSR count). The monoisotopic (exact) mass is 405 g/mol. The zero-order valence-electron chi connectivity index (χ0n) is 17.6. The molecule has 2 aromatic rings. The van der Waals surface area contributed by atoms with Gasteiger partial charge in [-0.15, -0.1) is 0 Å². The molecule has 5 heteroatoms. The van der Waals surface area contributed by atoms with E-state index < -0.39 is 0 Å². The maximum Gasteiger partial charge on any atom is 0.220 e. The van der Waals surface area contributed by atoms with Crippen LogP contribution in [0.25, 0.3) is 0 Å². The van der Waals surface area contributed by atoms with Crippen LogP contribution in [-0.2, 0) is 11.3 Å². The maximum absolute atomic E-state index is 12.7. The number of aromatic nitrogens is 1. The van der Waals surface area contributed by atoms with Crippen molar-refractivity contribution >= 4 is 5.91 Å². The number of likely N-dealkylation sites (tertiary alicyclic amines) is 1. The average Bonchev–Trinajstić information content (AvgIpc) is 2.73. The van der Waals surface area contributed by atoms with Crippen molar-refractivity contribution in [2.75, 3.05) is 13.1 Å². The molecule has 1 saturated heterocycles. The number of ether oxygens (including phenoxy) is 1. The summed E-state index contributed by atoms with van der Waals surface area (Å²) in [5.74, 6) is 1.42. The maximum atomic E-state index is 12.7. The number of hydrogen-bond donors (Lipinski definition) is 1. The molecule has 1 spiro atoms. The van der Waals surface area contributed by atoms with E-state index in [0.717, 1.165) is 57.5 Å². The fourth-order valence-electron chi connectivity index (χ4n) is 5.16. The highest BCUT2D eigenvalue weighted by Gasteiger charge is 2.43. The van der Waals surface area contributed by atoms with Crippen LogP contribution in [0, 0.1) is 0 Å². The Morgan fingerprint density at radius 1 is 1.13 bits per heavy atom. The number of fused-ring (bicyclic) bond motifs is 1. The highest BCUT2D eigenvalue weighted by atomic mass is 16.5. The van der Waals surface area contributed by atoms with Crippen molar-refractivity contribution in [2.45, 2.75) is 69.1 Å². The first-order valence-electron chi connectivity index (χ1n) is 11.4. The summed E-state index contributed by atoms with van der Waals surface area (Å²) in [6.45, 7) is 3.00. The van der Waals surface area contributed by atoms with E-state index in [1.165, 1.54) is 17.5 Å². The lowest BCUT2D eigenvalue weighted by Crippen LogP contribution is -2.50. The van der Waals surface area contributed by atoms with E-state index in [0.29, 0.717) is 12.5 Å². The molecule has 1 aliphatic carbocycles. The van der Waals surface area contributed by atoms with Crippen LogP contribution in [0.5, 0.6) is 5.75 Å². The molecule has 0 bridgehead atoms. The Kier molecular flexibility index (Phi) is 5.47. The quantitative estimate of drug-likeness (QED) is 0.816. The third-order valence-electron chi connectivity index (χ3n) is 7.13. The van der Waals surface area contributed by atoms with Crippen LogP contribution >= 0.6 is 0 Å². The lowest BCUT2D eigenvalue weighted by molar-refractivity contribution is -0.123. The minimum Gasteiger partial charge on any atom is -0.487 e. The third kappa shape index (κ3) is 4.22. The van der Waals surface area contributed by atoms with Crippen LogP contribution in [0.4, 0.5) is 0 Å². The van der Waals surface area contributed by atoms with Gasteiger partial charge >= 0.3 is 0 Å². The summed E-state index contributed by atoms with van der Waals surface area (Å²) >= 11 is 0. The number of carbonyl (C=O) groups is 1. The second-order valence-electron chi connectivity index (χ2n) is 9.26. The van der Waals surface area contributed by atoms with E-state index in [9.17, 15) is 4.79 Å². The lowest BCUT2D eigenvalue weighted by Gasteiger charge is -2.47. The fraction of sp³-hybridized carbons (Fsp3) is 0.520. The Labute approximate surface area is 178 Å². The SMILES string of the molecule is O=C(C[C@@H]1CC2(CCN(Cc3ccncc3)CC2)Oc2ccccc21)NC1CCC1. The first kappa shape index (κ1) is 19.6. The molecule has 30 heavy (non-hydrogen) atoms. The molecule has 1 atom stereocenters. The van der Waals surface area contributed by atoms with Crippen LogP contribution in [0.2, 0.25) is 0 Å². The summed E-state index contributed by atoms with van der Waals surface area (Å²) in [6.07, 6.45) is 10.7. The first-order valence-corrected chi connectivity index (χ1v) is 11.4. The topological polar surface area (TPSA) is 54.5 Å². The second kappa shape index (κ2) is 8.38. The van der Waals surface area contributed by atoms with Gasteiger partial charge in [0.25, 0.3) is 0 Å². The molecule has 2 aliphatic heterocycles. The second-order valence-corrected chi connectivity index (χ2v) is 9.26. The summed E-state index contributed by atoms with van der Waals surface area (Å²) in [5.41, 5.74) is 2.36. The number of amides is 1. The number of para-hydroxylation sites is 1. The van der Waals surface area contributed by atoms with Crippen molar-refractivity contribution in [2.24, 2.45) is 0 Å². The zero-order valence-corrected chi connectivity index (χ0v) is 17.6. The summed E-state index contributed by atoms with van der Waals surface area (Å²) in [6, 6.07) is 12.9. The van der Waals surface area contributed by atoms with Crippen molar-refractivity contribution in [1.29, 1.82) is 0 Å². The van der Waals surface area contributed by atoms with Crippen LogP contribution in [0.3, 0.4) is 0 Å². The van der Waals surface area contributed by atoms with E-state index in [4.69, 9.17) is 4.74 Å². The average molecular weight is 406 g/mol. The van der Waals surface area contributed by atoms with E-state index in [-0.39, 0.29) is 17.4 Å². The van der Waals surface area contributed by atoms with Crippen molar-refractivity contribution < 1.29 is 9.53 Å². The van der Waals surface area contributed by atoms with E-state index in [1.807, 2.05) is 18.5 Å². The standard InChI is InChI=1S/C25H31N3O2/c29-24(27-21-4-3-5-21)16-20-17-25(30-23-7-2-1-6-22(20)23)10-14-28(15-11-25)18-19-8-12-26-13-9-19/h1-2,6-9,12-13,20-21H,3-5,10-11,14-18H2,(H,27,29)/t20-/m1/s1. The summed E-state index contributed by atoms with van der Waals surface area (Å²) in [7, 11) is 0. The Morgan fingerprint density at radius 3 is 2.63 bits per heavy atom. The number of rotatable bonds is 5. The number of nitrogens with zero attached hydrogens (tertiary/aromatic N) is 2. The molecule has 3 aliphatic rings. The Balaban J connectivity index is 1.26. The Bertz CT molecular complexity index is 873. The van der Waals surface area contributed by atoms with Gasteiger partial charge in [0.2, 0.25) is 5.91 Å². The number of pyridine rings is 1. The summed E-state index contributed by atoms with van der Waals surface area (Å²) in [4.78, 5) is 19.3. The molecule has 2 fully saturated rings. The van der Waals surface area contributed by atoms with Gasteiger partial charge in [0, 0.05) is 50.4 Å². The molecule has 5 nitrogen and oxygen atoms in total. The van der Waals surface area contributed by atoms with Crippen LogP contribution in [0.1, 0.15) is 62.0 Å². The van der Waals surface area contributed by atoms with Gasteiger partial charge in [-0.05, 0) is 67.9 Å². The molecular weight excluding hydrogens is 374 g/mol. The molecule has 1 saturated carbocycles. The number of benzene rings is 1. The van der Waals surface area contributed by atoms with Gasteiger partial charge in [-0.1, -0.05) is 18.2 Å². The number of hydrogen-bond acceptors (Lipinski definition) is 4. The summed E-state index contributed by atoms with van der Waals surface area (Å²) < 4.78 is 6.62. The van der Waals surface area contributed by atoms with Gasteiger partial charge < -0.3 is 10.1 Å². The Hall–Kier alpha value is -2.40.